The number of aryl methyl sites for hydroxylation is 2. The Bertz CT molecular complexity index is 815. The zero-order chi connectivity index (χ0) is 17.9. The van der Waals surface area contributed by atoms with E-state index in [9.17, 15) is 4.39 Å². The maximum Gasteiger partial charge on any atom is 0.123 e. The topological polar surface area (TPSA) is 15.3 Å². The van der Waals surface area contributed by atoms with Gasteiger partial charge in [-0.1, -0.05) is 35.9 Å². The van der Waals surface area contributed by atoms with E-state index in [1.54, 1.807) is 12.1 Å². The van der Waals surface area contributed by atoms with Gasteiger partial charge in [0.1, 0.15) is 5.82 Å². The number of benzene rings is 2. The summed E-state index contributed by atoms with van der Waals surface area (Å²) >= 11 is 0. The fourth-order valence-electron chi connectivity index (χ4n) is 4.34. The fourth-order valence-corrected chi connectivity index (χ4v) is 4.34. The Hall–Kier alpha value is -1.97. The number of nitrogens with one attached hydrogen (secondary N) is 1. The summed E-state index contributed by atoms with van der Waals surface area (Å²) in [5.41, 5.74) is 7.91. The molecule has 0 atom stereocenters. The van der Waals surface area contributed by atoms with Gasteiger partial charge in [-0.05, 0) is 72.7 Å². The molecule has 3 heteroatoms. The Morgan fingerprint density at radius 1 is 0.923 bits per heavy atom. The highest BCUT2D eigenvalue weighted by Crippen LogP contribution is 2.38. The van der Waals surface area contributed by atoms with E-state index in [1.807, 2.05) is 13.1 Å². The standard InChI is InChI=1S/C23H27FN2/c1-25-12-15-26-13-10-19(11-14-26)23-21-5-3-2-4-17(21)6-7-18-8-9-20(24)16-22(18)23/h2-5,8-9,16,25H,6-7,10-15H2,1H3. The van der Waals surface area contributed by atoms with E-state index in [4.69, 9.17) is 0 Å². The van der Waals surface area contributed by atoms with Crippen LogP contribution in [0.15, 0.2) is 48.0 Å². The largest absolute Gasteiger partial charge is 0.318 e. The van der Waals surface area contributed by atoms with Gasteiger partial charge in [-0.25, -0.2) is 4.39 Å². The molecule has 1 N–H and O–H groups in total. The molecule has 1 saturated heterocycles. The summed E-state index contributed by atoms with van der Waals surface area (Å²) in [6.45, 7) is 4.31. The zero-order valence-electron chi connectivity index (χ0n) is 15.5. The van der Waals surface area contributed by atoms with Gasteiger partial charge in [0.05, 0.1) is 0 Å². The summed E-state index contributed by atoms with van der Waals surface area (Å²) in [4.78, 5) is 2.52. The molecule has 2 aromatic carbocycles. The maximum absolute atomic E-state index is 14.1. The first kappa shape index (κ1) is 17.4. The molecule has 4 rings (SSSR count). The van der Waals surface area contributed by atoms with Crippen LogP contribution in [0.3, 0.4) is 0 Å². The molecule has 0 aromatic heterocycles. The van der Waals surface area contributed by atoms with Gasteiger partial charge in [0.15, 0.2) is 0 Å². The number of hydrogen-bond acceptors (Lipinski definition) is 2. The van der Waals surface area contributed by atoms with Crippen LogP contribution in [0.5, 0.6) is 0 Å². The van der Waals surface area contributed by atoms with Crippen LogP contribution in [0.4, 0.5) is 4.39 Å². The molecule has 0 radical (unpaired) electrons. The van der Waals surface area contributed by atoms with Gasteiger partial charge in [0.25, 0.3) is 0 Å². The van der Waals surface area contributed by atoms with Crippen molar-refractivity contribution in [1.82, 2.24) is 10.2 Å². The van der Waals surface area contributed by atoms with Crippen molar-refractivity contribution in [2.24, 2.45) is 0 Å². The van der Waals surface area contributed by atoms with E-state index in [1.165, 1.54) is 27.8 Å². The number of halogens is 1. The summed E-state index contributed by atoms with van der Waals surface area (Å²) in [5, 5.41) is 3.23. The molecule has 1 aliphatic carbocycles. The highest BCUT2D eigenvalue weighted by Gasteiger charge is 2.24. The lowest BCUT2D eigenvalue weighted by atomic mass is 9.86. The Morgan fingerprint density at radius 2 is 1.65 bits per heavy atom. The van der Waals surface area contributed by atoms with Crippen molar-refractivity contribution in [3.63, 3.8) is 0 Å². The second-order valence-corrected chi connectivity index (χ2v) is 7.38. The quantitative estimate of drug-likeness (QED) is 0.899. The van der Waals surface area contributed by atoms with Gasteiger partial charge in [0, 0.05) is 26.2 Å². The third-order valence-electron chi connectivity index (χ3n) is 5.78. The molecule has 26 heavy (non-hydrogen) atoms. The highest BCUT2D eigenvalue weighted by atomic mass is 19.1. The van der Waals surface area contributed by atoms with Crippen molar-refractivity contribution in [3.8, 4) is 0 Å². The van der Waals surface area contributed by atoms with Crippen LogP contribution in [-0.2, 0) is 12.8 Å². The van der Waals surface area contributed by atoms with E-state index < -0.39 is 0 Å². The Labute approximate surface area is 155 Å². The lowest BCUT2D eigenvalue weighted by Crippen LogP contribution is -2.35. The first-order valence-electron chi connectivity index (χ1n) is 9.72. The molecule has 0 unspecified atom stereocenters. The monoisotopic (exact) mass is 350 g/mol. The third-order valence-corrected chi connectivity index (χ3v) is 5.78. The van der Waals surface area contributed by atoms with E-state index in [-0.39, 0.29) is 5.82 Å². The van der Waals surface area contributed by atoms with E-state index in [0.29, 0.717) is 0 Å². The molecule has 2 aliphatic rings. The van der Waals surface area contributed by atoms with E-state index in [0.717, 1.165) is 57.4 Å². The third kappa shape index (κ3) is 3.46. The molecule has 1 heterocycles. The second kappa shape index (κ2) is 7.73. The molecule has 0 bridgehead atoms. The minimum absolute atomic E-state index is 0.132. The van der Waals surface area contributed by atoms with Gasteiger partial charge in [-0.15, -0.1) is 0 Å². The Kier molecular flexibility index (Phi) is 5.18. The maximum atomic E-state index is 14.1. The molecule has 0 amide bonds. The minimum atomic E-state index is -0.132. The van der Waals surface area contributed by atoms with Gasteiger partial charge < -0.3 is 10.2 Å². The van der Waals surface area contributed by atoms with E-state index in [2.05, 4.69) is 34.5 Å². The number of rotatable bonds is 3. The number of nitrogens with zero attached hydrogens (tertiary/aromatic N) is 1. The Morgan fingerprint density at radius 3 is 2.42 bits per heavy atom. The summed E-state index contributed by atoms with van der Waals surface area (Å²) in [6.07, 6.45) is 4.16. The van der Waals surface area contributed by atoms with Gasteiger partial charge in [0.2, 0.25) is 0 Å². The summed E-state index contributed by atoms with van der Waals surface area (Å²) < 4.78 is 14.1. The summed E-state index contributed by atoms with van der Waals surface area (Å²) in [7, 11) is 2.01. The van der Waals surface area contributed by atoms with Crippen molar-refractivity contribution in [1.29, 1.82) is 0 Å². The molecule has 0 saturated carbocycles. The summed E-state index contributed by atoms with van der Waals surface area (Å²) in [5.74, 6) is -0.132. The molecule has 0 spiro atoms. The van der Waals surface area contributed by atoms with Gasteiger partial charge in [-0.2, -0.15) is 0 Å². The number of likely N-dealkylation sites (N-methyl/N-ethyl adjacent to an activating group) is 1. The van der Waals surface area contributed by atoms with Crippen LogP contribution in [-0.4, -0.2) is 38.1 Å². The molecule has 1 aliphatic heterocycles. The number of likely N-dealkylation sites (tertiary alicyclic amines) is 1. The minimum Gasteiger partial charge on any atom is -0.318 e. The van der Waals surface area contributed by atoms with Crippen molar-refractivity contribution in [2.45, 2.75) is 25.7 Å². The molecule has 2 aromatic rings. The van der Waals surface area contributed by atoms with Crippen molar-refractivity contribution in [3.05, 3.63) is 76.1 Å². The lowest BCUT2D eigenvalue weighted by Gasteiger charge is -2.30. The van der Waals surface area contributed by atoms with Crippen molar-refractivity contribution < 1.29 is 4.39 Å². The van der Waals surface area contributed by atoms with Gasteiger partial charge >= 0.3 is 0 Å². The molecule has 2 nitrogen and oxygen atoms in total. The predicted octanol–water partition coefficient (Wildman–Crippen LogP) is 4.04. The van der Waals surface area contributed by atoms with E-state index >= 15 is 0 Å². The number of fused-ring (bicyclic) bond motifs is 2. The smallest absolute Gasteiger partial charge is 0.123 e. The van der Waals surface area contributed by atoms with Crippen molar-refractivity contribution >= 4 is 5.57 Å². The first-order valence-corrected chi connectivity index (χ1v) is 9.72. The first-order chi connectivity index (χ1) is 12.8. The highest BCUT2D eigenvalue weighted by molar-refractivity contribution is 5.86. The van der Waals surface area contributed by atoms with Crippen molar-refractivity contribution in [2.75, 3.05) is 33.2 Å². The summed E-state index contributed by atoms with van der Waals surface area (Å²) in [6, 6.07) is 14.1. The average Bonchev–Trinajstić information content (AvgIpc) is 2.83. The second-order valence-electron chi connectivity index (χ2n) is 7.38. The SMILES string of the molecule is CNCCN1CCC(=C2c3ccccc3CCc3ccc(F)cc32)CC1. The molecular weight excluding hydrogens is 323 g/mol. The molecule has 136 valence electrons. The number of hydrogen-bond donors (Lipinski definition) is 1. The normalized spacial score (nSPS) is 17.6. The zero-order valence-corrected chi connectivity index (χ0v) is 15.5. The van der Waals surface area contributed by atoms with Crippen LogP contribution in [0.1, 0.15) is 35.1 Å². The molecular formula is C23H27FN2. The van der Waals surface area contributed by atoms with Crippen LogP contribution in [0, 0.1) is 5.82 Å². The van der Waals surface area contributed by atoms with Crippen LogP contribution in [0.2, 0.25) is 0 Å². The van der Waals surface area contributed by atoms with Gasteiger partial charge in [-0.3, -0.25) is 0 Å². The van der Waals surface area contributed by atoms with Crippen LogP contribution < -0.4 is 5.32 Å². The Balaban J connectivity index is 1.76. The number of piperidine rings is 1. The average molecular weight is 350 g/mol. The van der Waals surface area contributed by atoms with Crippen LogP contribution in [0.25, 0.3) is 5.57 Å². The van der Waals surface area contributed by atoms with Crippen LogP contribution >= 0.6 is 0 Å². The lowest BCUT2D eigenvalue weighted by molar-refractivity contribution is 0.259. The molecule has 1 fully saturated rings. The fraction of sp³-hybridized carbons (Fsp3) is 0.391. The predicted molar refractivity (Wildman–Crippen MR) is 106 cm³/mol.